The Labute approximate surface area is 81.9 Å². The molecule has 2 nitrogen and oxygen atoms in total. The first-order valence-electron chi connectivity index (χ1n) is 3.60. The fourth-order valence-corrected chi connectivity index (χ4v) is 1.15. The number of hydrogen-bond acceptors (Lipinski definition) is 2. The van der Waals surface area contributed by atoms with Crippen LogP contribution in [0, 0.1) is 0 Å². The first kappa shape index (κ1) is 9.75. The monoisotopic (exact) mass is 204 g/mol. The SMILES string of the molecule is CC(C)(C)c1nc(Cl)cc(Cl)n1. The minimum atomic E-state index is -0.117. The van der Waals surface area contributed by atoms with E-state index in [0.717, 1.165) is 0 Å². The quantitative estimate of drug-likeness (QED) is 0.608. The lowest BCUT2D eigenvalue weighted by molar-refractivity contribution is 0.545. The second-order valence-corrected chi connectivity index (χ2v) is 4.36. The van der Waals surface area contributed by atoms with Gasteiger partial charge in [-0.3, -0.25) is 0 Å². The molecule has 0 N–H and O–H groups in total. The highest BCUT2D eigenvalue weighted by Gasteiger charge is 2.18. The summed E-state index contributed by atoms with van der Waals surface area (Å²) in [7, 11) is 0. The molecule has 1 aromatic rings. The Hall–Kier alpha value is -0.340. The van der Waals surface area contributed by atoms with Crippen LogP contribution in [0.5, 0.6) is 0 Å². The molecule has 0 saturated carbocycles. The van der Waals surface area contributed by atoms with E-state index in [-0.39, 0.29) is 5.41 Å². The van der Waals surface area contributed by atoms with E-state index < -0.39 is 0 Å². The maximum Gasteiger partial charge on any atom is 0.137 e. The third-order valence-corrected chi connectivity index (χ3v) is 1.72. The molecule has 66 valence electrons. The van der Waals surface area contributed by atoms with E-state index in [9.17, 15) is 0 Å². The molecule has 12 heavy (non-hydrogen) atoms. The zero-order chi connectivity index (χ0) is 9.35. The summed E-state index contributed by atoms with van der Waals surface area (Å²) >= 11 is 11.4. The maximum atomic E-state index is 5.72. The third kappa shape index (κ3) is 2.32. The lowest BCUT2D eigenvalue weighted by Gasteiger charge is -2.16. The van der Waals surface area contributed by atoms with Crippen LogP contribution in [-0.4, -0.2) is 9.97 Å². The molecule has 0 atom stereocenters. The van der Waals surface area contributed by atoms with Gasteiger partial charge in [-0.1, -0.05) is 44.0 Å². The van der Waals surface area contributed by atoms with Gasteiger partial charge in [-0.05, 0) is 0 Å². The predicted octanol–water partition coefficient (Wildman–Crippen LogP) is 3.08. The molecular formula is C8H10Cl2N2. The van der Waals surface area contributed by atoms with Gasteiger partial charge in [0.05, 0.1) is 0 Å². The predicted molar refractivity (Wildman–Crippen MR) is 50.8 cm³/mol. The second-order valence-electron chi connectivity index (χ2n) is 3.59. The fourth-order valence-electron chi connectivity index (χ4n) is 0.726. The van der Waals surface area contributed by atoms with E-state index in [1.54, 1.807) is 0 Å². The van der Waals surface area contributed by atoms with Crippen LogP contribution in [-0.2, 0) is 5.41 Å². The molecule has 0 spiro atoms. The van der Waals surface area contributed by atoms with Gasteiger partial charge in [0.1, 0.15) is 16.1 Å². The topological polar surface area (TPSA) is 25.8 Å². The average molecular weight is 205 g/mol. The highest BCUT2D eigenvalue weighted by Crippen LogP contribution is 2.21. The van der Waals surface area contributed by atoms with Gasteiger partial charge in [-0.25, -0.2) is 9.97 Å². The van der Waals surface area contributed by atoms with Crippen molar-refractivity contribution in [3.8, 4) is 0 Å². The average Bonchev–Trinajstić information content (AvgIpc) is 1.82. The van der Waals surface area contributed by atoms with Crippen LogP contribution >= 0.6 is 23.2 Å². The molecule has 0 bridgehead atoms. The molecule has 0 aliphatic carbocycles. The zero-order valence-corrected chi connectivity index (χ0v) is 8.74. The van der Waals surface area contributed by atoms with Crippen molar-refractivity contribution in [3.05, 3.63) is 22.2 Å². The van der Waals surface area contributed by atoms with E-state index in [0.29, 0.717) is 16.1 Å². The number of nitrogens with zero attached hydrogens (tertiary/aromatic N) is 2. The molecule has 1 heterocycles. The zero-order valence-electron chi connectivity index (χ0n) is 7.23. The number of aromatic nitrogens is 2. The molecule has 1 rings (SSSR count). The summed E-state index contributed by atoms with van der Waals surface area (Å²) in [5.41, 5.74) is -0.117. The van der Waals surface area contributed by atoms with Crippen molar-refractivity contribution < 1.29 is 0 Å². The standard InChI is InChI=1S/C8H10Cl2N2/c1-8(2,3)7-11-5(9)4-6(10)12-7/h4H,1-3H3. The Bertz CT molecular complexity index is 271. The van der Waals surface area contributed by atoms with Crippen molar-refractivity contribution in [1.82, 2.24) is 9.97 Å². The van der Waals surface area contributed by atoms with Crippen molar-refractivity contribution in [3.63, 3.8) is 0 Å². The van der Waals surface area contributed by atoms with Crippen LogP contribution in [0.3, 0.4) is 0 Å². The second kappa shape index (κ2) is 3.19. The van der Waals surface area contributed by atoms with Gasteiger partial charge in [-0.15, -0.1) is 0 Å². The molecule has 0 unspecified atom stereocenters. The minimum Gasteiger partial charge on any atom is -0.221 e. The van der Waals surface area contributed by atoms with Gasteiger partial charge < -0.3 is 0 Å². The van der Waals surface area contributed by atoms with Crippen LogP contribution < -0.4 is 0 Å². The van der Waals surface area contributed by atoms with Crippen molar-refractivity contribution in [2.24, 2.45) is 0 Å². The Balaban J connectivity index is 3.18. The normalized spacial score (nSPS) is 11.8. The minimum absolute atomic E-state index is 0.117. The van der Waals surface area contributed by atoms with Gasteiger partial charge in [0.2, 0.25) is 0 Å². The molecule has 0 amide bonds. The summed E-state index contributed by atoms with van der Waals surface area (Å²) in [6.07, 6.45) is 0. The fraction of sp³-hybridized carbons (Fsp3) is 0.500. The largest absolute Gasteiger partial charge is 0.221 e. The highest BCUT2D eigenvalue weighted by atomic mass is 35.5. The molecule has 1 aromatic heterocycles. The summed E-state index contributed by atoms with van der Waals surface area (Å²) in [6.45, 7) is 6.03. The summed E-state index contributed by atoms with van der Waals surface area (Å²) in [4.78, 5) is 8.15. The van der Waals surface area contributed by atoms with Crippen LogP contribution in [0.2, 0.25) is 10.3 Å². The first-order valence-corrected chi connectivity index (χ1v) is 4.36. The van der Waals surface area contributed by atoms with Crippen molar-refractivity contribution >= 4 is 23.2 Å². The molecule has 0 aliphatic rings. The molecular weight excluding hydrogens is 195 g/mol. The first-order chi connectivity index (χ1) is 5.39. The number of hydrogen-bond donors (Lipinski definition) is 0. The van der Waals surface area contributed by atoms with Crippen molar-refractivity contribution in [1.29, 1.82) is 0 Å². The van der Waals surface area contributed by atoms with Crippen molar-refractivity contribution in [2.45, 2.75) is 26.2 Å². The summed E-state index contributed by atoms with van der Waals surface area (Å²) in [5.74, 6) is 0.667. The summed E-state index contributed by atoms with van der Waals surface area (Å²) < 4.78 is 0. The Morgan fingerprint density at radius 1 is 1.08 bits per heavy atom. The van der Waals surface area contributed by atoms with Gasteiger partial charge >= 0.3 is 0 Å². The Kier molecular flexibility index (Phi) is 2.59. The van der Waals surface area contributed by atoms with Gasteiger partial charge in [0, 0.05) is 11.5 Å². The third-order valence-electron chi connectivity index (χ3n) is 1.33. The lowest BCUT2D eigenvalue weighted by Crippen LogP contribution is -2.15. The van der Waals surface area contributed by atoms with Gasteiger partial charge in [0.25, 0.3) is 0 Å². The van der Waals surface area contributed by atoms with E-state index in [2.05, 4.69) is 9.97 Å². The van der Waals surface area contributed by atoms with Gasteiger partial charge in [-0.2, -0.15) is 0 Å². The lowest BCUT2D eigenvalue weighted by atomic mass is 9.96. The molecule has 4 heteroatoms. The van der Waals surface area contributed by atoms with E-state index in [4.69, 9.17) is 23.2 Å². The van der Waals surface area contributed by atoms with E-state index >= 15 is 0 Å². The van der Waals surface area contributed by atoms with Gasteiger partial charge in [0.15, 0.2) is 0 Å². The van der Waals surface area contributed by atoms with Crippen LogP contribution in [0.4, 0.5) is 0 Å². The Morgan fingerprint density at radius 3 is 1.83 bits per heavy atom. The maximum absolute atomic E-state index is 5.72. The molecule has 0 fully saturated rings. The Morgan fingerprint density at radius 2 is 1.50 bits per heavy atom. The smallest absolute Gasteiger partial charge is 0.137 e. The molecule has 0 aromatic carbocycles. The van der Waals surface area contributed by atoms with Crippen LogP contribution in [0.1, 0.15) is 26.6 Å². The van der Waals surface area contributed by atoms with E-state index in [1.807, 2.05) is 20.8 Å². The molecule has 0 radical (unpaired) electrons. The molecule has 0 saturated heterocycles. The highest BCUT2D eigenvalue weighted by molar-refractivity contribution is 6.33. The van der Waals surface area contributed by atoms with Crippen molar-refractivity contribution in [2.75, 3.05) is 0 Å². The van der Waals surface area contributed by atoms with Crippen LogP contribution in [0.15, 0.2) is 6.07 Å². The van der Waals surface area contributed by atoms with Crippen LogP contribution in [0.25, 0.3) is 0 Å². The summed E-state index contributed by atoms with van der Waals surface area (Å²) in [6, 6.07) is 1.53. The molecule has 0 aliphatic heterocycles. The number of rotatable bonds is 0. The van der Waals surface area contributed by atoms with E-state index in [1.165, 1.54) is 6.07 Å². The summed E-state index contributed by atoms with van der Waals surface area (Å²) in [5, 5.41) is 0.778. The number of halogens is 2.